The van der Waals surface area contributed by atoms with E-state index in [1.807, 2.05) is 24.3 Å². The van der Waals surface area contributed by atoms with Gasteiger partial charge < -0.3 is 4.42 Å². The molecule has 18 heavy (non-hydrogen) atoms. The molecule has 1 aromatic carbocycles. The first-order chi connectivity index (χ1) is 8.83. The van der Waals surface area contributed by atoms with Crippen molar-refractivity contribution in [2.75, 3.05) is 0 Å². The molecule has 0 aliphatic rings. The Balaban J connectivity index is 1.84. The lowest BCUT2D eigenvalue weighted by atomic mass is 10.3. The number of hydrogen-bond acceptors (Lipinski definition) is 4. The van der Waals surface area contributed by atoms with Gasteiger partial charge in [0.05, 0.1) is 4.83 Å². The highest BCUT2D eigenvalue weighted by Gasteiger charge is 2.15. The van der Waals surface area contributed by atoms with E-state index in [4.69, 9.17) is 4.42 Å². The predicted molar refractivity (Wildman–Crippen MR) is 71.4 cm³/mol. The number of benzene rings is 1. The van der Waals surface area contributed by atoms with Gasteiger partial charge in [-0.15, -0.1) is 0 Å². The lowest BCUT2D eigenvalue weighted by Crippen LogP contribution is -2.00. The minimum absolute atomic E-state index is 0.00626. The zero-order valence-electron chi connectivity index (χ0n) is 9.45. The third-order valence-corrected chi connectivity index (χ3v) is 3.29. The van der Waals surface area contributed by atoms with Gasteiger partial charge in [-0.05, 0) is 18.2 Å². The lowest BCUT2D eigenvalue weighted by Gasteiger charge is -2.04. The summed E-state index contributed by atoms with van der Waals surface area (Å²) < 4.78 is 5.66. The normalized spacial score (nSPS) is 12.7. The van der Waals surface area contributed by atoms with E-state index in [-0.39, 0.29) is 4.83 Å². The first-order valence-electron chi connectivity index (χ1n) is 5.58. The summed E-state index contributed by atoms with van der Waals surface area (Å²) in [5, 5.41) is 0. The van der Waals surface area contributed by atoms with Crippen molar-refractivity contribution in [3.63, 3.8) is 0 Å². The molecule has 0 aliphatic carbocycles. The van der Waals surface area contributed by atoms with E-state index in [0.717, 1.165) is 16.9 Å². The fourth-order valence-electron chi connectivity index (χ4n) is 1.72. The first-order valence-corrected chi connectivity index (χ1v) is 6.50. The maximum Gasteiger partial charge on any atom is 0.197 e. The molecule has 90 valence electrons. The van der Waals surface area contributed by atoms with Crippen molar-refractivity contribution < 1.29 is 4.42 Å². The second-order valence-corrected chi connectivity index (χ2v) is 4.96. The van der Waals surface area contributed by atoms with Gasteiger partial charge in [0, 0.05) is 18.8 Å². The molecule has 0 bridgehead atoms. The van der Waals surface area contributed by atoms with Crippen LogP contribution < -0.4 is 0 Å². The fourth-order valence-corrected chi connectivity index (χ4v) is 2.24. The Morgan fingerprint density at radius 1 is 1.11 bits per heavy atom. The van der Waals surface area contributed by atoms with Crippen molar-refractivity contribution in [1.29, 1.82) is 0 Å². The Kier molecular flexibility index (Phi) is 3.06. The second-order valence-electron chi connectivity index (χ2n) is 3.85. The van der Waals surface area contributed by atoms with Crippen LogP contribution in [0.25, 0.3) is 11.1 Å². The van der Waals surface area contributed by atoms with Crippen molar-refractivity contribution in [3.05, 3.63) is 54.4 Å². The molecule has 3 rings (SSSR count). The van der Waals surface area contributed by atoms with Gasteiger partial charge in [-0.25, -0.2) is 15.0 Å². The number of aromatic nitrogens is 3. The van der Waals surface area contributed by atoms with Crippen molar-refractivity contribution >= 4 is 27.0 Å². The van der Waals surface area contributed by atoms with Crippen LogP contribution in [0.5, 0.6) is 0 Å². The molecular formula is C13H10BrN3O. The van der Waals surface area contributed by atoms with Gasteiger partial charge in [-0.2, -0.15) is 0 Å². The summed E-state index contributed by atoms with van der Waals surface area (Å²) in [5.74, 6) is 1.42. The van der Waals surface area contributed by atoms with Crippen molar-refractivity contribution in [3.8, 4) is 0 Å². The van der Waals surface area contributed by atoms with Crippen LogP contribution in [0.2, 0.25) is 0 Å². The molecule has 2 aromatic heterocycles. The fraction of sp³-hybridized carbons (Fsp3) is 0.154. The summed E-state index contributed by atoms with van der Waals surface area (Å²) in [5.41, 5.74) is 1.68. The molecule has 0 saturated carbocycles. The standard InChI is InChI=1S/C13H10BrN3O/c14-9(13-15-6-3-7-16-13)8-12-17-10-4-1-2-5-11(10)18-12/h1-7,9H,8H2. The zero-order valence-corrected chi connectivity index (χ0v) is 11.0. The quantitative estimate of drug-likeness (QED) is 0.697. The maximum absolute atomic E-state index is 5.66. The Hall–Kier alpha value is -1.75. The van der Waals surface area contributed by atoms with Crippen LogP contribution >= 0.6 is 15.9 Å². The van der Waals surface area contributed by atoms with Crippen LogP contribution in [0, 0.1) is 0 Å². The number of hydrogen-bond donors (Lipinski definition) is 0. The van der Waals surface area contributed by atoms with E-state index in [1.165, 1.54) is 0 Å². The monoisotopic (exact) mass is 303 g/mol. The van der Waals surface area contributed by atoms with Gasteiger partial charge in [0.1, 0.15) is 11.3 Å². The summed E-state index contributed by atoms with van der Waals surface area (Å²) in [6.07, 6.45) is 4.07. The topological polar surface area (TPSA) is 51.8 Å². The number of oxazole rings is 1. The van der Waals surface area contributed by atoms with Gasteiger partial charge in [0.15, 0.2) is 11.5 Å². The smallest absolute Gasteiger partial charge is 0.197 e. The summed E-state index contributed by atoms with van der Waals surface area (Å²) in [6, 6.07) is 9.52. The maximum atomic E-state index is 5.66. The van der Waals surface area contributed by atoms with E-state index in [9.17, 15) is 0 Å². The zero-order chi connectivity index (χ0) is 12.4. The second kappa shape index (κ2) is 4.86. The van der Waals surface area contributed by atoms with E-state index >= 15 is 0 Å². The SMILES string of the molecule is BrC(Cc1nc2ccccc2o1)c1ncccn1. The molecule has 0 saturated heterocycles. The first kappa shape index (κ1) is 11.3. The molecule has 5 heteroatoms. The van der Waals surface area contributed by atoms with Crippen LogP contribution in [0.4, 0.5) is 0 Å². The minimum atomic E-state index is 0.00626. The van der Waals surface area contributed by atoms with Crippen LogP contribution in [-0.4, -0.2) is 15.0 Å². The molecular weight excluding hydrogens is 294 g/mol. The molecule has 0 fully saturated rings. The number of para-hydroxylation sites is 2. The Morgan fingerprint density at radius 2 is 1.89 bits per heavy atom. The molecule has 0 radical (unpaired) electrons. The molecule has 0 N–H and O–H groups in total. The third kappa shape index (κ3) is 2.26. The van der Waals surface area contributed by atoms with Crippen molar-refractivity contribution in [2.45, 2.75) is 11.2 Å². The summed E-state index contributed by atoms with van der Waals surface area (Å²) in [4.78, 5) is 12.8. The summed E-state index contributed by atoms with van der Waals surface area (Å²) in [6.45, 7) is 0. The third-order valence-electron chi connectivity index (χ3n) is 2.56. The van der Waals surface area contributed by atoms with Gasteiger partial charge in [-0.1, -0.05) is 28.1 Å². The van der Waals surface area contributed by atoms with Gasteiger partial charge in [0.2, 0.25) is 0 Å². The number of alkyl halides is 1. The minimum Gasteiger partial charge on any atom is -0.441 e. The number of rotatable bonds is 3. The number of fused-ring (bicyclic) bond motifs is 1. The molecule has 2 heterocycles. The molecule has 0 spiro atoms. The van der Waals surface area contributed by atoms with Gasteiger partial charge >= 0.3 is 0 Å². The highest BCUT2D eigenvalue weighted by atomic mass is 79.9. The molecule has 3 aromatic rings. The highest BCUT2D eigenvalue weighted by molar-refractivity contribution is 9.09. The van der Waals surface area contributed by atoms with Gasteiger partial charge in [0.25, 0.3) is 0 Å². The largest absolute Gasteiger partial charge is 0.441 e. The Labute approximate surface area is 112 Å². The predicted octanol–water partition coefficient (Wildman–Crippen LogP) is 3.30. The number of nitrogens with zero attached hydrogens (tertiary/aromatic N) is 3. The Bertz CT molecular complexity index is 620. The lowest BCUT2D eigenvalue weighted by molar-refractivity contribution is 0.524. The van der Waals surface area contributed by atoms with E-state index in [0.29, 0.717) is 12.3 Å². The van der Waals surface area contributed by atoms with Crippen LogP contribution in [0.1, 0.15) is 16.5 Å². The van der Waals surface area contributed by atoms with Crippen molar-refractivity contribution in [1.82, 2.24) is 15.0 Å². The van der Waals surface area contributed by atoms with Gasteiger partial charge in [-0.3, -0.25) is 0 Å². The average molecular weight is 304 g/mol. The van der Waals surface area contributed by atoms with Crippen LogP contribution in [0.15, 0.2) is 47.1 Å². The van der Waals surface area contributed by atoms with Crippen LogP contribution in [-0.2, 0) is 6.42 Å². The molecule has 0 amide bonds. The van der Waals surface area contributed by atoms with Crippen molar-refractivity contribution in [2.24, 2.45) is 0 Å². The molecule has 1 unspecified atom stereocenters. The molecule has 1 atom stereocenters. The Morgan fingerprint density at radius 3 is 2.67 bits per heavy atom. The van der Waals surface area contributed by atoms with E-state index in [1.54, 1.807) is 18.5 Å². The molecule has 0 aliphatic heterocycles. The summed E-state index contributed by atoms with van der Waals surface area (Å²) >= 11 is 3.55. The van der Waals surface area contributed by atoms with E-state index in [2.05, 4.69) is 30.9 Å². The van der Waals surface area contributed by atoms with E-state index < -0.39 is 0 Å². The number of halogens is 1. The summed E-state index contributed by atoms with van der Waals surface area (Å²) in [7, 11) is 0. The highest BCUT2D eigenvalue weighted by Crippen LogP contribution is 2.25. The average Bonchev–Trinajstić information content (AvgIpc) is 2.82. The van der Waals surface area contributed by atoms with Crippen LogP contribution in [0.3, 0.4) is 0 Å². The molecule has 4 nitrogen and oxygen atoms in total.